The Hall–Kier alpha value is -3.30. The second kappa shape index (κ2) is 8.39. The van der Waals surface area contributed by atoms with Crippen LogP contribution < -0.4 is 5.32 Å². The quantitative estimate of drug-likeness (QED) is 0.687. The Labute approximate surface area is 155 Å². The lowest BCUT2D eigenvalue weighted by molar-refractivity contribution is -0.156. The summed E-state index contributed by atoms with van der Waals surface area (Å²) in [7, 11) is 1.25. The van der Waals surface area contributed by atoms with Gasteiger partial charge in [0, 0.05) is 18.5 Å². The van der Waals surface area contributed by atoms with Gasteiger partial charge in [0.05, 0.1) is 13.7 Å². The minimum absolute atomic E-state index is 0.0579. The molecule has 1 aromatic heterocycles. The van der Waals surface area contributed by atoms with Crippen molar-refractivity contribution in [3.8, 4) is 11.4 Å². The highest BCUT2D eigenvalue weighted by molar-refractivity contribution is 5.91. The van der Waals surface area contributed by atoms with Gasteiger partial charge in [-0.05, 0) is 11.6 Å². The number of nitrogens with one attached hydrogen (secondary N) is 1. The average Bonchev–Trinajstić information content (AvgIpc) is 3.17. The molecule has 2 aromatic rings. The van der Waals surface area contributed by atoms with Gasteiger partial charge in [-0.3, -0.25) is 9.59 Å². The maximum absolute atomic E-state index is 12.5. The number of amides is 2. The van der Waals surface area contributed by atoms with E-state index in [4.69, 9.17) is 4.74 Å². The first-order valence-electron chi connectivity index (χ1n) is 8.55. The molecule has 2 amide bonds. The standard InChI is InChI=1S/C17H20N6O4/c1-27-17(26)13-10-18-14(24)11-22(13)15(25)8-5-9-23-20-16(19-21-23)12-6-3-2-4-7-12/h2-4,6-7,13H,5,8-11H2,1H3,(H,18,24). The van der Waals surface area contributed by atoms with E-state index in [1.54, 1.807) is 0 Å². The molecule has 0 spiro atoms. The van der Waals surface area contributed by atoms with Crippen LogP contribution in [0, 0.1) is 0 Å². The van der Waals surface area contributed by atoms with Gasteiger partial charge in [0.25, 0.3) is 0 Å². The van der Waals surface area contributed by atoms with Crippen LogP contribution in [0.25, 0.3) is 11.4 Å². The van der Waals surface area contributed by atoms with Gasteiger partial charge in [-0.25, -0.2) is 4.79 Å². The number of methoxy groups -OCH3 is 1. The molecule has 1 saturated heterocycles. The van der Waals surface area contributed by atoms with Crippen molar-refractivity contribution in [1.82, 2.24) is 30.4 Å². The van der Waals surface area contributed by atoms with E-state index in [1.165, 1.54) is 16.8 Å². The summed E-state index contributed by atoms with van der Waals surface area (Å²) in [6.07, 6.45) is 0.610. The number of piperazine rings is 1. The summed E-state index contributed by atoms with van der Waals surface area (Å²) in [4.78, 5) is 38.5. The molecule has 3 rings (SSSR count). The molecule has 0 aliphatic carbocycles. The number of ether oxygens (including phenoxy) is 1. The molecule has 1 fully saturated rings. The SMILES string of the molecule is COC(=O)C1CNC(=O)CN1C(=O)CCCn1nnc(-c2ccccc2)n1. The maximum atomic E-state index is 12.5. The van der Waals surface area contributed by atoms with Crippen LogP contribution in [-0.4, -0.2) is 69.1 Å². The van der Waals surface area contributed by atoms with E-state index in [1.807, 2.05) is 30.3 Å². The highest BCUT2D eigenvalue weighted by Gasteiger charge is 2.35. The molecule has 0 radical (unpaired) electrons. The van der Waals surface area contributed by atoms with Crippen LogP contribution in [0.3, 0.4) is 0 Å². The fourth-order valence-electron chi connectivity index (χ4n) is 2.81. The first-order valence-corrected chi connectivity index (χ1v) is 8.55. The lowest BCUT2D eigenvalue weighted by atomic mass is 10.1. The van der Waals surface area contributed by atoms with Crippen molar-refractivity contribution < 1.29 is 19.1 Å². The minimum Gasteiger partial charge on any atom is -0.467 e. The Kier molecular flexibility index (Phi) is 5.74. The Bertz CT molecular complexity index is 822. The van der Waals surface area contributed by atoms with Crippen molar-refractivity contribution in [3.63, 3.8) is 0 Å². The molecule has 27 heavy (non-hydrogen) atoms. The van der Waals surface area contributed by atoms with Crippen LogP contribution in [0.15, 0.2) is 30.3 Å². The number of benzene rings is 1. The predicted octanol–water partition coefficient (Wildman–Crippen LogP) is -0.380. The van der Waals surface area contributed by atoms with E-state index in [9.17, 15) is 14.4 Å². The molecule has 10 nitrogen and oxygen atoms in total. The molecule has 1 aromatic carbocycles. The number of hydrogen-bond acceptors (Lipinski definition) is 7. The second-order valence-corrected chi connectivity index (χ2v) is 6.04. The average molecular weight is 372 g/mol. The number of aromatic nitrogens is 4. The number of aryl methyl sites for hydroxylation is 1. The van der Waals surface area contributed by atoms with Crippen molar-refractivity contribution in [3.05, 3.63) is 30.3 Å². The number of esters is 1. The third-order valence-electron chi connectivity index (χ3n) is 4.21. The summed E-state index contributed by atoms with van der Waals surface area (Å²) in [6.45, 7) is 0.301. The van der Waals surface area contributed by atoms with Crippen LogP contribution in [-0.2, 0) is 25.7 Å². The van der Waals surface area contributed by atoms with E-state index < -0.39 is 12.0 Å². The molecule has 1 atom stereocenters. The lowest BCUT2D eigenvalue weighted by Gasteiger charge is -2.33. The first kappa shape index (κ1) is 18.5. The molecule has 1 aliphatic heterocycles. The zero-order valence-electron chi connectivity index (χ0n) is 14.9. The smallest absolute Gasteiger partial charge is 0.330 e. The molecule has 1 unspecified atom stereocenters. The second-order valence-electron chi connectivity index (χ2n) is 6.04. The van der Waals surface area contributed by atoms with E-state index in [0.717, 1.165) is 5.56 Å². The number of tetrazole rings is 1. The van der Waals surface area contributed by atoms with E-state index in [-0.39, 0.29) is 31.3 Å². The Balaban J connectivity index is 1.55. The number of carbonyl (C=O) groups is 3. The topological polar surface area (TPSA) is 119 Å². The maximum Gasteiger partial charge on any atom is 0.330 e. The van der Waals surface area contributed by atoms with Crippen molar-refractivity contribution in [2.75, 3.05) is 20.2 Å². The predicted molar refractivity (Wildman–Crippen MR) is 93.0 cm³/mol. The molecule has 10 heteroatoms. The van der Waals surface area contributed by atoms with Gasteiger partial charge in [-0.15, -0.1) is 10.2 Å². The van der Waals surface area contributed by atoms with E-state index >= 15 is 0 Å². The van der Waals surface area contributed by atoms with Crippen LogP contribution in [0.5, 0.6) is 0 Å². The third kappa shape index (κ3) is 4.46. The van der Waals surface area contributed by atoms with Crippen LogP contribution in [0.1, 0.15) is 12.8 Å². The molecule has 2 heterocycles. The monoisotopic (exact) mass is 372 g/mol. The van der Waals surface area contributed by atoms with Crippen molar-refractivity contribution in [2.45, 2.75) is 25.4 Å². The summed E-state index contributed by atoms with van der Waals surface area (Å²) in [5.74, 6) is -0.619. The van der Waals surface area contributed by atoms with Gasteiger partial charge < -0.3 is 15.0 Å². The van der Waals surface area contributed by atoms with E-state index in [2.05, 4.69) is 20.7 Å². The lowest BCUT2D eigenvalue weighted by Crippen LogP contribution is -2.59. The number of rotatable bonds is 6. The summed E-state index contributed by atoms with van der Waals surface area (Å²) in [6, 6.07) is 8.66. The van der Waals surface area contributed by atoms with Crippen molar-refractivity contribution in [2.24, 2.45) is 0 Å². The van der Waals surface area contributed by atoms with Gasteiger partial charge in [0.1, 0.15) is 12.6 Å². The highest BCUT2D eigenvalue weighted by Crippen LogP contribution is 2.13. The molecule has 1 aliphatic rings. The summed E-state index contributed by atoms with van der Waals surface area (Å²) >= 11 is 0. The first-order chi connectivity index (χ1) is 13.1. The molecular formula is C17H20N6O4. The van der Waals surface area contributed by atoms with E-state index in [0.29, 0.717) is 18.8 Å². The third-order valence-corrected chi connectivity index (χ3v) is 4.21. The molecule has 142 valence electrons. The Morgan fingerprint density at radius 2 is 2.07 bits per heavy atom. The van der Waals surface area contributed by atoms with Gasteiger partial charge in [-0.2, -0.15) is 4.80 Å². The minimum atomic E-state index is -0.797. The van der Waals surface area contributed by atoms with Crippen LogP contribution in [0.2, 0.25) is 0 Å². The summed E-state index contributed by atoms with van der Waals surface area (Å²) < 4.78 is 4.71. The van der Waals surface area contributed by atoms with Gasteiger partial charge in [-0.1, -0.05) is 30.3 Å². The largest absolute Gasteiger partial charge is 0.467 e. The zero-order chi connectivity index (χ0) is 19.2. The molecule has 0 bridgehead atoms. The fraction of sp³-hybridized carbons (Fsp3) is 0.412. The summed E-state index contributed by atoms with van der Waals surface area (Å²) in [5.41, 5.74) is 0.861. The Morgan fingerprint density at radius 3 is 2.81 bits per heavy atom. The van der Waals surface area contributed by atoms with Gasteiger partial charge in [0.2, 0.25) is 17.6 Å². The summed E-state index contributed by atoms with van der Waals surface area (Å²) in [5, 5.41) is 14.8. The highest BCUT2D eigenvalue weighted by atomic mass is 16.5. The normalized spacial score (nSPS) is 16.7. The van der Waals surface area contributed by atoms with Crippen molar-refractivity contribution in [1.29, 1.82) is 0 Å². The zero-order valence-corrected chi connectivity index (χ0v) is 14.9. The number of hydrogen-bond donors (Lipinski definition) is 1. The molecule has 0 saturated carbocycles. The number of nitrogens with zero attached hydrogens (tertiary/aromatic N) is 5. The van der Waals surface area contributed by atoms with Gasteiger partial charge >= 0.3 is 5.97 Å². The van der Waals surface area contributed by atoms with Crippen molar-refractivity contribution >= 4 is 17.8 Å². The molecular weight excluding hydrogens is 352 g/mol. The van der Waals surface area contributed by atoms with Crippen LogP contribution in [0.4, 0.5) is 0 Å². The Morgan fingerprint density at radius 1 is 1.30 bits per heavy atom. The molecule has 1 N–H and O–H groups in total. The van der Waals surface area contributed by atoms with Gasteiger partial charge in [0.15, 0.2) is 0 Å². The fourth-order valence-corrected chi connectivity index (χ4v) is 2.81. The van der Waals surface area contributed by atoms with Crippen LogP contribution >= 0.6 is 0 Å². The number of carbonyl (C=O) groups excluding carboxylic acids is 3.